The number of hydrogen-bond donors (Lipinski definition) is 1. The van der Waals surface area contributed by atoms with Crippen molar-refractivity contribution in [2.75, 3.05) is 19.6 Å². The van der Waals surface area contributed by atoms with Crippen molar-refractivity contribution >= 4 is 0 Å². The van der Waals surface area contributed by atoms with Gasteiger partial charge in [0, 0.05) is 13.1 Å². The molecule has 2 unspecified atom stereocenters. The minimum Gasteiger partial charge on any atom is -0.298 e. The second kappa shape index (κ2) is 5.61. The average Bonchev–Trinajstić information content (AvgIpc) is 2.31. The van der Waals surface area contributed by atoms with Gasteiger partial charge in [0.05, 0.1) is 6.17 Å². The summed E-state index contributed by atoms with van der Waals surface area (Å²) in [6, 6.07) is 6.84. The summed E-state index contributed by atoms with van der Waals surface area (Å²) in [4.78, 5) is 2.45. The Balaban J connectivity index is 2.14. The summed E-state index contributed by atoms with van der Waals surface area (Å²) in [5.74, 6) is 0.512. The van der Waals surface area contributed by atoms with E-state index in [1.165, 1.54) is 0 Å². The van der Waals surface area contributed by atoms with Gasteiger partial charge >= 0.3 is 0 Å². The maximum Gasteiger partial charge on any atom is 0.123 e. The minimum atomic E-state index is -0.167. The first-order valence-electron chi connectivity index (χ1n) is 6.43. The summed E-state index contributed by atoms with van der Waals surface area (Å²) in [5, 5.41) is 3.54. The Morgan fingerprint density at radius 3 is 2.71 bits per heavy atom. The molecule has 1 heterocycles. The number of nitrogens with zero attached hydrogens (tertiary/aromatic N) is 1. The molecule has 0 spiro atoms. The highest BCUT2D eigenvalue weighted by Crippen LogP contribution is 2.23. The highest BCUT2D eigenvalue weighted by molar-refractivity contribution is 5.20. The van der Waals surface area contributed by atoms with Crippen molar-refractivity contribution in [3.8, 4) is 0 Å². The monoisotopic (exact) mass is 236 g/mol. The molecule has 2 atom stereocenters. The molecule has 1 aromatic carbocycles. The van der Waals surface area contributed by atoms with Crippen LogP contribution in [0.2, 0.25) is 0 Å². The zero-order valence-electron chi connectivity index (χ0n) is 10.6. The van der Waals surface area contributed by atoms with E-state index in [0.29, 0.717) is 5.92 Å². The molecule has 0 amide bonds. The van der Waals surface area contributed by atoms with Crippen LogP contribution in [0.3, 0.4) is 0 Å². The fourth-order valence-corrected chi connectivity index (χ4v) is 2.49. The van der Waals surface area contributed by atoms with Crippen molar-refractivity contribution in [2.45, 2.75) is 26.4 Å². The van der Waals surface area contributed by atoms with E-state index in [1.54, 1.807) is 12.1 Å². The molecule has 1 N–H and O–H groups in total. The molecule has 1 aliphatic heterocycles. The quantitative estimate of drug-likeness (QED) is 0.868. The Bertz CT molecular complexity index is 350. The molecule has 0 bridgehead atoms. The smallest absolute Gasteiger partial charge is 0.123 e. The van der Waals surface area contributed by atoms with E-state index in [9.17, 15) is 4.39 Å². The fraction of sp³-hybridized carbons (Fsp3) is 0.571. The predicted molar refractivity (Wildman–Crippen MR) is 68.2 cm³/mol. The van der Waals surface area contributed by atoms with Gasteiger partial charge in [0.2, 0.25) is 0 Å². The summed E-state index contributed by atoms with van der Waals surface area (Å²) >= 11 is 0. The van der Waals surface area contributed by atoms with Crippen LogP contribution in [0.1, 0.15) is 32.0 Å². The van der Waals surface area contributed by atoms with E-state index in [2.05, 4.69) is 24.1 Å². The lowest BCUT2D eigenvalue weighted by molar-refractivity contribution is 0.0998. The van der Waals surface area contributed by atoms with E-state index in [4.69, 9.17) is 0 Å². The van der Waals surface area contributed by atoms with Crippen LogP contribution in [0, 0.1) is 11.7 Å². The second-order valence-corrected chi connectivity index (χ2v) is 4.96. The van der Waals surface area contributed by atoms with Crippen LogP contribution in [-0.4, -0.2) is 24.5 Å². The first kappa shape index (κ1) is 12.5. The molecule has 2 nitrogen and oxygen atoms in total. The molecule has 17 heavy (non-hydrogen) atoms. The third-order valence-electron chi connectivity index (χ3n) is 3.27. The van der Waals surface area contributed by atoms with Gasteiger partial charge in [0.25, 0.3) is 0 Å². The molecule has 94 valence electrons. The van der Waals surface area contributed by atoms with Crippen molar-refractivity contribution in [1.82, 2.24) is 10.2 Å². The summed E-state index contributed by atoms with van der Waals surface area (Å²) < 4.78 is 12.9. The average molecular weight is 236 g/mol. The molecular formula is C14H21FN2. The van der Waals surface area contributed by atoms with Crippen LogP contribution in [0.25, 0.3) is 0 Å². The lowest BCUT2D eigenvalue weighted by Gasteiger charge is -2.39. The normalized spacial score (nSPS) is 26.1. The van der Waals surface area contributed by atoms with Crippen LogP contribution in [0.5, 0.6) is 0 Å². The van der Waals surface area contributed by atoms with Crippen molar-refractivity contribution in [3.05, 3.63) is 35.6 Å². The van der Waals surface area contributed by atoms with E-state index in [1.807, 2.05) is 12.1 Å². The number of hydrogen-bond acceptors (Lipinski definition) is 2. The van der Waals surface area contributed by atoms with Gasteiger partial charge in [-0.3, -0.25) is 10.2 Å². The van der Waals surface area contributed by atoms with Gasteiger partial charge < -0.3 is 0 Å². The lowest BCUT2D eigenvalue weighted by Crippen LogP contribution is -2.48. The zero-order chi connectivity index (χ0) is 12.3. The maximum absolute atomic E-state index is 12.9. The predicted octanol–water partition coefficient (Wildman–Crippen LogP) is 2.78. The Labute approximate surface area is 103 Å². The van der Waals surface area contributed by atoms with Gasteiger partial charge in [-0.05, 0) is 36.6 Å². The molecule has 1 fully saturated rings. The molecule has 1 aromatic rings. The molecule has 2 rings (SSSR count). The van der Waals surface area contributed by atoms with Crippen LogP contribution in [-0.2, 0) is 0 Å². The van der Waals surface area contributed by atoms with Gasteiger partial charge in [-0.2, -0.15) is 0 Å². The molecule has 0 radical (unpaired) electrons. The second-order valence-electron chi connectivity index (χ2n) is 4.96. The van der Waals surface area contributed by atoms with Gasteiger partial charge in [0.1, 0.15) is 5.82 Å². The van der Waals surface area contributed by atoms with Gasteiger partial charge in [-0.25, -0.2) is 4.39 Å². The number of nitrogens with one attached hydrogen (secondary N) is 1. The number of rotatable bonds is 3. The minimum absolute atomic E-state index is 0.167. The van der Waals surface area contributed by atoms with E-state index in [0.717, 1.165) is 31.6 Å². The molecule has 0 aromatic heterocycles. The molecule has 0 saturated carbocycles. The standard InChI is InChI=1S/C14H21FN2/c1-3-8-17-10-11(2)9-16-14(17)12-4-6-13(15)7-5-12/h4-7,11,14,16H,3,8-10H2,1-2H3. The van der Waals surface area contributed by atoms with Gasteiger partial charge in [0.15, 0.2) is 0 Å². The van der Waals surface area contributed by atoms with E-state index < -0.39 is 0 Å². The topological polar surface area (TPSA) is 15.3 Å². The third-order valence-corrected chi connectivity index (χ3v) is 3.27. The van der Waals surface area contributed by atoms with Gasteiger partial charge in [-0.1, -0.05) is 26.0 Å². The van der Waals surface area contributed by atoms with Crippen LogP contribution < -0.4 is 5.32 Å². The van der Waals surface area contributed by atoms with Crippen molar-refractivity contribution < 1.29 is 4.39 Å². The molecule has 3 heteroatoms. The maximum atomic E-state index is 12.9. The SMILES string of the molecule is CCCN1CC(C)CNC1c1ccc(F)cc1. The molecule has 0 aliphatic carbocycles. The fourth-order valence-electron chi connectivity index (χ4n) is 2.49. The number of halogens is 1. The highest BCUT2D eigenvalue weighted by atomic mass is 19.1. The largest absolute Gasteiger partial charge is 0.298 e. The van der Waals surface area contributed by atoms with Crippen molar-refractivity contribution in [3.63, 3.8) is 0 Å². The summed E-state index contributed by atoms with van der Waals surface area (Å²) in [7, 11) is 0. The Kier molecular flexibility index (Phi) is 4.13. The number of benzene rings is 1. The third kappa shape index (κ3) is 3.05. The first-order chi connectivity index (χ1) is 8.20. The van der Waals surface area contributed by atoms with Crippen molar-refractivity contribution in [2.24, 2.45) is 5.92 Å². The first-order valence-corrected chi connectivity index (χ1v) is 6.43. The van der Waals surface area contributed by atoms with Crippen molar-refractivity contribution in [1.29, 1.82) is 0 Å². The zero-order valence-corrected chi connectivity index (χ0v) is 10.6. The Morgan fingerprint density at radius 1 is 1.35 bits per heavy atom. The summed E-state index contributed by atoms with van der Waals surface area (Å²) in [5.41, 5.74) is 1.16. The van der Waals surface area contributed by atoms with Crippen LogP contribution >= 0.6 is 0 Å². The summed E-state index contributed by atoms with van der Waals surface area (Å²) in [6.45, 7) is 7.68. The molecular weight excluding hydrogens is 215 g/mol. The van der Waals surface area contributed by atoms with Crippen LogP contribution in [0.4, 0.5) is 4.39 Å². The van der Waals surface area contributed by atoms with E-state index in [-0.39, 0.29) is 12.0 Å². The Morgan fingerprint density at radius 2 is 2.06 bits per heavy atom. The summed E-state index contributed by atoms with van der Waals surface area (Å²) in [6.07, 6.45) is 1.39. The van der Waals surface area contributed by atoms with E-state index >= 15 is 0 Å². The molecule has 1 saturated heterocycles. The lowest BCUT2D eigenvalue weighted by atomic mass is 10.0. The Hall–Kier alpha value is -0.930. The van der Waals surface area contributed by atoms with Gasteiger partial charge in [-0.15, -0.1) is 0 Å². The van der Waals surface area contributed by atoms with Crippen LogP contribution in [0.15, 0.2) is 24.3 Å². The highest BCUT2D eigenvalue weighted by Gasteiger charge is 2.25. The molecule has 1 aliphatic rings.